The zero-order chi connectivity index (χ0) is 31.1. The van der Waals surface area contributed by atoms with Gasteiger partial charge in [0.2, 0.25) is 0 Å². The smallest absolute Gasteiger partial charge is 0.408 e. The molecule has 0 saturated carbocycles. The molecule has 0 aromatic heterocycles. The summed E-state index contributed by atoms with van der Waals surface area (Å²) in [6, 6.07) is 18.3. The molecule has 222 valence electrons. The van der Waals surface area contributed by atoms with Crippen LogP contribution in [-0.2, 0) is 41.6 Å². The second-order valence-corrected chi connectivity index (χ2v) is 11.7. The third kappa shape index (κ3) is 9.47. The summed E-state index contributed by atoms with van der Waals surface area (Å²) in [5.41, 5.74) is -0.0239. The van der Waals surface area contributed by atoms with E-state index in [1.165, 1.54) is 6.08 Å². The van der Waals surface area contributed by atoms with E-state index in [1.54, 1.807) is 90.1 Å². The van der Waals surface area contributed by atoms with Crippen molar-refractivity contribution in [2.24, 2.45) is 0 Å². The molecule has 0 aliphatic carbocycles. The molecule has 0 saturated heterocycles. The number of ether oxygens (including phenoxy) is 3. The lowest BCUT2D eigenvalue weighted by molar-refractivity contribution is -0.158. The van der Waals surface area contributed by atoms with Gasteiger partial charge in [0.1, 0.15) is 29.4 Å². The molecule has 0 unspecified atom stereocenters. The highest BCUT2D eigenvalue weighted by molar-refractivity contribution is 6.18. The van der Waals surface area contributed by atoms with Crippen LogP contribution in [0.2, 0.25) is 0 Å². The molecule has 0 bridgehead atoms. The number of carbonyl (C=O) groups is 4. The summed E-state index contributed by atoms with van der Waals surface area (Å²) in [5.74, 6) is -2.88. The molecule has 0 radical (unpaired) electrons. The van der Waals surface area contributed by atoms with Gasteiger partial charge < -0.3 is 24.6 Å². The number of carbonyl (C=O) groups excluding carboxylic acids is 3. The SMILES string of the molecule is CC(C)(C)OC(=O)C(=Cc1ccc(C[C@H](NC(=O)OCc2ccccc2)C(=O)O)c2ccccc12)C(=O)OC(C)(C)C. The normalized spacial score (nSPS) is 12.1. The van der Waals surface area contributed by atoms with Crippen LogP contribution in [0.1, 0.15) is 58.2 Å². The molecule has 1 atom stereocenters. The van der Waals surface area contributed by atoms with Crippen molar-refractivity contribution in [2.45, 2.75) is 71.8 Å². The average molecular weight is 576 g/mol. The number of nitrogens with one attached hydrogen (secondary N) is 1. The molecule has 2 N–H and O–H groups in total. The molecule has 42 heavy (non-hydrogen) atoms. The third-order valence-corrected chi connectivity index (χ3v) is 5.81. The summed E-state index contributed by atoms with van der Waals surface area (Å²) >= 11 is 0. The summed E-state index contributed by atoms with van der Waals surface area (Å²) in [7, 11) is 0. The van der Waals surface area contributed by atoms with Gasteiger partial charge in [-0.05, 0) is 75.1 Å². The summed E-state index contributed by atoms with van der Waals surface area (Å²) < 4.78 is 16.2. The molecule has 1 amide bonds. The first-order chi connectivity index (χ1) is 19.6. The van der Waals surface area contributed by atoms with Gasteiger partial charge in [-0.15, -0.1) is 0 Å². The predicted molar refractivity (Wildman–Crippen MR) is 159 cm³/mol. The van der Waals surface area contributed by atoms with Crippen molar-refractivity contribution in [1.29, 1.82) is 0 Å². The number of amides is 1. The van der Waals surface area contributed by atoms with Crippen molar-refractivity contribution >= 4 is 40.8 Å². The first kappa shape index (κ1) is 31.9. The monoisotopic (exact) mass is 575 g/mol. The third-order valence-electron chi connectivity index (χ3n) is 5.81. The number of alkyl carbamates (subject to hydrolysis) is 1. The largest absolute Gasteiger partial charge is 0.480 e. The lowest BCUT2D eigenvalue weighted by Crippen LogP contribution is -2.42. The average Bonchev–Trinajstić information content (AvgIpc) is 2.89. The highest BCUT2D eigenvalue weighted by atomic mass is 16.6. The van der Waals surface area contributed by atoms with Gasteiger partial charge in [0, 0.05) is 6.42 Å². The van der Waals surface area contributed by atoms with Crippen molar-refractivity contribution < 1.29 is 38.5 Å². The van der Waals surface area contributed by atoms with Crippen LogP contribution in [0.15, 0.2) is 72.3 Å². The number of carboxylic acid groups (broad SMARTS) is 1. The van der Waals surface area contributed by atoms with Crippen LogP contribution >= 0.6 is 0 Å². The van der Waals surface area contributed by atoms with Gasteiger partial charge in [0.25, 0.3) is 0 Å². The van der Waals surface area contributed by atoms with Gasteiger partial charge in [-0.1, -0.05) is 66.7 Å². The number of aliphatic carboxylic acids is 1. The van der Waals surface area contributed by atoms with Crippen LogP contribution in [0, 0.1) is 0 Å². The number of benzene rings is 3. The first-order valence-corrected chi connectivity index (χ1v) is 13.5. The number of esters is 2. The minimum Gasteiger partial charge on any atom is -0.480 e. The topological polar surface area (TPSA) is 128 Å². The van der Waals surface area contributed by atoms with E-state index < -0.39 is 41.2 Å². The quantitative estimate of drug-likeness (QED) is 0.107. The van der Waals surface area contributed by atoms with Crippen molar-refractivity contribution in [2.75, 3.05) is 0 Å². The fourth-order valence-electron chi connectivity index (χ4n) is 4.04. The van der Waals surface area contributed by atoms with Crippen LogP contribution in [0.4, 0.5) is 4.79 Å². The minimum absolute atomic E-state index is 0.000600. The fraction of sp³-hybridized carbons (Fsp3) is 0.333. The van der Waals surface area contributed by atoms with E-state index in [1.807, 2.05) is 18.2 Å². The molecule has 3 rings (SSSR count). The maximum absolute atomic E-state index is 13.1. The van der Waals surface area contributed by atoms with Crippen LogP contribution in [0.3, 0.4) is 0 Å². The highest BCUT2D eigenvalue weighted by Crippen LogP contribution is 2.27. The predicted octanol–water partition coefficient (Wildman–Crippen LogP) is 5.83. The molecule has 3 aromatic rings. The Morgan fingerprint density at radius 2 is 1.33 bits per heavy atom. The summed E-state index contributed by atoms with van der Waals surface area (Å²) in [5, 5.41) is 13.6. The van der Waals surface area contributed by atoms with Gasteiger partial charge in [-0.25, -0.2) is 19.2 Å². The van der Waals surface area contributed by atoms with E-state index in [-0.39, 0.29) is 18.6 Å². The van der Waals surface area contributed by atoms with E-state index in [9.17, 15) is 24.3 Å². The Kier molecular flexibility index (Phi) is 10.1. The maximum atomic E-state index is 13.1. The summed E-state index contributed by atoms with van der Waals surface area (Å²) in [6.45, 7) is 10.2. The number of carboxylic acids is 1. The highest BCUT2D eigenvalue weighted by Gasteiger charge is 2.29. The number of fused-ring (bicyclic) bond motifs is 1. The second-order valence-electron chi connectivity index (χ2n) is 11.7. The molecular formula is C33H37NO8. The molecule has 0 spiro atoms. The minimum atomic E-state index is -1.27. The van der Waals surface area contributed by atoms with Gasteiger partial charge in [-0.2, -0.15) is 0 Å². The Labute approximate surface area is 245 Å². The van der Waals surface area contributed by atoms with Crippen molar-refractivity contribution in [1.82, 2.24) is 5.32 Å². The van der Waals surface area contributed by atoms with E-state index in [0.717, 1.165) is 5.56 Å². The van der Waals surface area contributed by atoms with E-state index >= 15 is 0 Å². The molecule has 9 heteroatoms. The van der Waals surface area contributed by atoms with Crippen LogP contribution in [-0.4, -0.2) is 46.4 Å². The fourth-order valence-corrected chi connectivity index (χ4v) is 4.04. The zero-order valence-corrected chi connectivity index (χ0v) is 24.7. The Balaban J connectivity index is 1.92. The Morgan fingerprint density at radius 1 is 0.786 bits per heavy atom. The number of hydrogen-bond acceptors (Lipinski definition) is 7. The van der Waals surface area contributed by atoms with Crippen LogP contribution < -0.4 is 5.32 Å². The lowest BCUT2D eigenvalue weighted by Gasteiger charge is -2.23. The molecule has 9 nitrogen and oxygen atoms in total. The summed E-state index contributed by atoms with van der Waals surface area (Å²) in [4.78, 5) is 50.6. The zero-order valence-electron chi connectivity index (χ0n) is 24.7. The number of rotatable bonds is 9. The summed E-state index contributed by atoms with van der Waals surface area (Å²) in [6.07, 6.45) is 0.530. The molecule has 3 aromatic carbocycles. The van der Waals surface area contributed by atoms with E-state index in [0.29, 0.717) is 21.9 Å². The van der Waals surface area contributed by atoms with E-state index in [4.69, 9.17) is 14.2 Å². The molecule has 0 aliphatic rings. The first-order valence-electron chi connectivity index (χ1n) is 13.5. The standard InChI is InChI=1S/C33H37NO8/c1-32(2,3)41-29(37)26(30(38)42-33(4,5)6)18-22-16-17-23(25-15-11-10-14-24(22)25)19-27(28(35)36)34-31(39)40-20-21-12-8-7-9-13-21/h7-18,27H,19-20H2,1-6H3,(H,34,39)(H,35,36)/t27-/m0/s1. The van der Waals surface area contributed by atoms with Crippen molar-refractivity contribution in [3.05, 3.63) is 89.0 Å². The van der Waals surface area contributed by atoms with Crippen molar-refractivity contribution in [3.63, 3.8) is 0 Å². The molecule has 0 aliphatic heterocycles. The Bertz CT molecular complexity index is 1450. The Hall–Kier alpha value is -4.66. The molecule has 0 fully saturated rings. The Morgan fingerprint density at radius 3 is 1.88 bits per heavy atom. The van der Waals surface area contributed by atoms with Gasteiger partial charge >= 0.3 is 24.0 Å². The van der Waals surface area contributed by atoms with Gasteiger partial charge in [-0.3, -0.25) is 0 Å². The lowest BCUT2D eigenvalue weighted by atomic mass is 9.94. The molecule has 0 heterocycles. The number of hydrogen-bond donors (Lipinski definition) is 2. The van der Waals surface area contributed by atoms with Crippen LogP contribution in [0.5, 0.6) is 0 Å². The maximum Gasteiger partial charge on any atom is 0.408 e. The van der Waals surface area contributed by atoms with Gasteiger partial charge in [0.15, 0.2) is 0 Å². The van der Waals surface area contributed by atoms with Crippen LogP contribution in [0.25, 0.3) is 16.8 Å². The van der Waals surface area contributed by atoms with E-state index in [2.05, 4.69) is 5.32 Å². The molecular weight excluding hydrogens is 538 g/mol. The van der Waals surface area contributed by atoms with Gasteiger partial charge in [0.05, 0.1) is 0 Å². The van der Waals surface area contributed by atoms with Crippen molar-refractivity contribution in [3.8, 4) is 0 Å². The second kappa shape index (κ2) is 13.3.